The first-order valence-electron chi connectivity index (χ1n) is 9.91. The number of nitrogens with one attached hydrogen (secondary N) is 1. The van der Waals surface area contributed by atoms with E-state index in [0.717, 1.165) is 43.3 Å². The number of ether oxygens (including phenoxy) is 1. The molecule has 2 rings (SSSR count). The van der Waals surface area contributed by atoms with Crippen LogP contribution in [0, 0.1) is 5.41 Å². The summed E-state index contributed by atoms with van der Waals surface area (Å²) in [6.07, 6.45) is 3.75. The van der Waals surface area contributed by atoms with Crippen LogP contribution >= 0.6 is 0 Å². The van der Waals surface area contributed by atoms with Crippen LogP contribution < -0.4 is 4.90 Å². The molecule has 1 aromatic rings. The summed E-state index contributed by atoms with van der Waals surface area (Å²) in [4.78, 5) is 9.40. The SMILES string of the molecule is CCOC1=C/C(=N\c2ccc(N(CC)CC)cc2)C(N(CC)CC)=CC1=N. The van der Waals surface area contributed by atoms with Gasteiger partial charge in [0.15, 0.2) is 0 Å². The van der Waals surface area contributed by atoms with E-state index in [2.05, 4.69) is 61.8 Å². The number of benzene rings is 1. The van der Waals surface area contributed by atoms with Crippen molar-refractivity contribution < 1.29 is 4.74 Å². The fourth-order valence-corrected chi connectivity index (χ4v) is 3.21. The Hall–Kier alpha value is -2.56. The smallest absolute Gasteiger partial charge is 0.146 e. The molecule has 0 spiro atoms. The molecule has 0 unspecified atom stereocenters. The highest BCUT2D eigenvalue weighted by molar-refractivity contribution is 6.22. The largest absolute Gasteiger partial charge is 0.492 e. The highest BCUT2D eigenvalue weighted by atomic mass is 16.5. The molecule has 5 nitrogen and oxygen atoms in total. The molecule has 0 bridgehead atoms. The Kier molecular flexibility index (Phi) is 7.65. The molecule has 0 aromatic heterocycles. The minimum Gasteiger partial charge on any atom is -0.492 e. The third kappa shape index (κ3) is 5.00. The van der Waals surface area contributed by atoms with E-state index >= 15 is 0 Å². The molecule has 1 aliphatic rings. The van der Waals surface area contributed by atoms with E-state index in [9.17, 15) is 0 Å². The Balaban J connectivity index is 2.40. The highest BCUT2D eigenvalue weighted by Crippen LogP contribution is 2.24. The third-order valence-electron chi connectivity index (χ3n) is 4.71. The van der Waals surface area contributed by atoms with Gasteiger partial charge in [0.25, 0.3) is 0 Å². The van der Waals surface area contributed by atoms with Crippen LogP contribution in [-0.2, 0) is 4.74 Å². The molecule has 0 atom stereocenters. The van der Waals surface area contributed by atoms with Gasteiger partial charge in [-0.1, -0.05) is 0 Å². The predicted octanol–water partition coefficient (Wildman–Crippen LogP) is 4.78. The Morgan fingerprint density at radius 2 is 1.44 bits per heavy atom. The van der Waals surface area contributed by atoms with Crippen molar-refractivity contribution in [1.82, 2.24) is 4.90 Å². The maximum atomic E-state index is 8.25. The first-order valence-corrected chi connectivity index (χ1v) is 9.91. The summed E-state index contributed by atoms with van der Waals surface area (Å²) >= 11 is 0. The maximum absolute atomic E-state index is 8.25. The average molecular weight is 369 g/mol. The number of hydrogen-bond acceptors (Lipinski definition) is 5. The van der Waals surface area contributed by atoms with Gasteiger partial charge in [0.2, 0.25) is 0 Å². The standard InChI is InChI=1S/C22H32N4O/c1-6-25(7-2)18-13-11-17(12-14-18)24-20-16-22(27-10-5)19(23)15-21(20)26(8-3)9-4/h11-16,23H,6-10H2,1-5H3/b23-19?,24-20+. The number of anilines is 1. The number of nitrogens with zero attached hydrogens (tertiary/aromatic N) is 3. The van der Waals surface area contributed by atoms with Crippen molar-refractivity contribution in [3.05, 3.63) is 47.9 Å². The molecule has 27 heavy (non-hydrogen) atoms. The fourth-order valence-electron chi connectivity index (χ4n) is 3.21. The van der Waals surface area contributed by atoms with Crippen LogP contribution in [0.3, 0.4) is 0 Å². The van der Waals surface area contributed by atoms with Gasteiger partial charge in [-0.2, -0.15) is 0 Å². The Labute approximate surface area is 163 Å². The van der Waals surface area contributed by atoms with Gasteiger partial charge >= 0.3 is 0 Å². The topological polar surface area (TPSA) is 51.9 Å². The van der Waals surface area contributed by atoms with Crippen LogP contribution in [-0.4, -0.2) is 49.1 Å². The minimum atomic E-state index is 0.398. The number of aliphatic imine (C=N–C) groups is 1. The van der Waals surface area contributed by atoms with E-state index in [1.54, 1.807) is 0 Å². The van der Waals surface area contributed by atoms with Crippen LogP contribution in [0.25, 0.3) is 0 Å². The number of allylic oxidation sites excluding steroid dienone is 2. The first-order chi connectivity index (χ1) is 13.1. The summed E-state index contributed by atoms with van der Waals surface area (Å²) in [6.45, 7) is 14.7. The molecule has 5 heteroatoms. The molecule has 0 saturated heterocycles. The Bertz CT molecular complexity index is 723. The van der Waals surface area contributed by atoms with E-state index in [-0.39, 0.29) is 0 Å². The van der Waals surface area contributed by atoms with Crippen LogP contribution in [0.15, 0.2) is 52.9 Å². The predicted molar refractivity (Wildman–Crippen MR) is 116 cm³/mol. The molecule has 0 aliphatic heterocycles. The Morgan fingerprint density at radius 3 is 1.96 bits per heavy atom. The first kappa shape index (κ1) is 20.7. The van der Waals surface area contributed by atoms with Crippen molar-refractivity contribution in [2.75, 3.05) is 37.7 Å². The van der Waals surface area contributed by atoms with E-state index in [1.165, 1.54) is 5.69 Å². The van der Waals surface area contributed by atoms with Crippen molar-refractivity contribution >= 4 is 22.8 Å². The lowest BCUT2D eigenvalue weighted by Crippen LogP contribution is -2.30. The van der Waals surface area contributed by atoms with Crippen LogP contribution in [0.2, 0.25) is 0 Å². The molecular formula is C22H32N4O. The van der Waals surface area contributed by atoms with Crippen LogP contribution in [0.1, 0.15) is 34.6 Å². The van der Waals surface area contributed by atoms with Crippen LogP contribution in [0.4, 0.5) is 11.4 Å². The second-order valence-electron chi connectivity index (χ2n) is 6.24. The van der Waals surface area contributed by atoms with Crippen molar-refractivity contribution in [3.63, 3.8) is 0 Å². The van der Waals surface area contributed by atoms with Gasteiger partial charge in [-0.3, -0.25) is 5.41 Å². The van der Waals surface area contributed by atoms with Gasteiger partial charge in [-0.25, -0.2) is 4.99 Å². The maximum Gasteiger partial charge on any atom is 0.146 e. The summed E-state index contributed by atoms with van der Waals surface area (Å²) in [5, 5.41) is 8.25. The van der Waals surface area contributed by atoms with Crippen molar-refractivity contribution in [1.29, 1.82) is 5.41 Å². The molecule has 0 fully saturated rings. The van der Waals surface area contributed by atoms with E-state index < -0.39 is 0 Å². The number of rotatable bonds is 9. The van der Waals surface area contributed by atoms with E-state index in [4.69, 9.17) is 15.1 Å². The van der Waals surface area contributed by atoms with Gasteiger partial charge in [-0.05, 0) is 65.0 Å². The van der Waals surface area contributed by atoms with Crippen LogP contribution in [0.5, 0.6) is 0 Å². The lowest BCUT2D eigenvalue weighted by atomic mass is 10.0. The lowest BCUT2D eigenvalue weighted by Gasteiger charge is -2.27. The summed E-state index contributed by atoms with van der Waals surface area (Å²) in [7, 11) is 0. The van der Waals surface area contributed by atoms with Gasteiger partial charge in [0, 0.05) is 37.9 Å². The summed E-state index contributed by atoms with van der Waals surface area (Å²) < 4.78 is 5.62. The molecular weight excluding hydrogens is 336 g/mol. The molecule has 0 amide bonds. The second-order valence-corrected chi connectivity index (χ2v) is 6.24. The summed E-state index contributed by atoms with van der Waals surface area (Å²) in [5.41, 5.74) is 4.32. The molecule has 0 saturated carbocycles. The van der Waals surface area contributed by atoms with Gasteiger partial charge in [0.1, 0.15) is 5.76 Å². The summed E-state index contributed by atoms with van der Waals surface area (Å²) in [5.74, 6) is 0.576. The summed E-state index contributed by atoms with van der Waals surface area (Å²) in [6, 6.07) is 8.33. The molecule has 0 radical (unpaired) electrons. The lowest BCUT2D eigenvalue weighted by molar-refractivity contribution is 0.249. The molecule has 146 valence electrons. The fraction of sp³-hybridized carbons (Fsp3) is 0.455. The molecule has 1 N–H and O–H groups in total. The molecule has 1 aromatic carbocycles. The second kappa shape index (κ2) is 9.95. The molecule has 0 heterocycles. The zero-order chi connectivity index (χ0) is 19.8. The van der Waals surface area contributed by atoms with Crippen molar-refractivity contribution in [3.8, 4) is 0 Å². The van der Waals surface area contributed by atoms with Crippen molar-refractivity contribution in [2.24, 2.45) is 4.99 Å². The Morgan fingerprint density at radius 1 is 0.852 bits per heavy atom. The zero-order valence-electron chi connectivity index (χ0n) is 17.2. The highest BCUT2D eigenvalue weighted by Gasteiger charge is 2.21. The third-order valence-corrected chi connectivity index (χ3v) is 4.71. The monoisotopic (exact) mass is 368 g/mol. The van der Waals surface area contributed by atoms with Gasteiger partial charge < -0.3 is 14.5 Å². The van der Waals surface area contributed by atoms with Gasteiger partial charge in [0.05, 0.1) is 29.4 Å². The van der Waals surface area contributed by atoms with E-state index in [0.29, 0.717) is 18.1 Å². The van der Waals surface area contributed by atoms with E-state index in [1.807, 2.05) is 19.1 Å². The minimum absolute atomic E-state index is 0.398. The normalized spacial score (nSPS) is 15.4. The zero-order valence-corrected chi connectivity index (χ0v) is 17.2. The van der Waals surface area contributed by atoms with Crippen molar-refractivity contribution in [2.45, 2.75) is 34.6 Å². The quantitative estimate of drug-likeness (QED) is 0.638. The number of hydrogen-bond donors (Lipinski definition) is 1. The van der Waals surface area contributed by atoms with Gasteiger partial charge in [-0.15, -0.1) is 0 Å². The average Bonchev–Trinajstić information content (AvgIpc) is 2.68. The molecule has 1 aliphatic carbocycles.